The molecule has 2 aromatic heterocycles. The fourth-order valence-corrected chi connectivity index (χ4v) is 5.22. The largest absolute Gasteiger partial charge is 0.497 e. The molecule has 178 valence electrons. The number of hydrogen-bond acceptors (Lipinski definition) is 3. The Kier molecular flexibility index (Phi) is 6.26. The summed E-state index contributed by atoms with van der Waals surface area (Å²) in [6, 6.07) is 22.6. The SMILES string of the molecule is COc1ccc(CN2C(=S)N[C@@H](c3ccccn3)[C@H]2c2cc(C)n(-c3ccc(F)cc3)c2C)cc1. The van der Waals surface area contributed by atoms with Gasteiger partial charge in [-0.1, -0.05) is 18.2 Å². The minimum Gasteiger partial charge on any atom is -0.497 e. The van der Waals surface area contributed by atoms with Gasteiger partial charge in [0.1, 0.15) is 11.6 Å². The molecule has 0 saturated carbocycles. The van der Waals surface area contributed by atoms with Crippen LogP contribution in [0.4, 0.5) is 4.39 Å². The molecule has 1 N–H and O–H groups in total. The van der Waals surface area contributed by atoms with Gasteiger partial charge in [-0.2, -0.15) is 0 Å². The Labute approximate surface area is 210 Å². The van der Waals surface area contributed by atoms with Crippen LogP contribution in [0.3, 0.4) is 0 Å². The van der Waals surface area contributed by atoms with Crippen molar-refractivity contribution in [1.82, 2.24) is 19.8 Å². The van der Waals surface area contributed by atoms with Crippen molar-refractivity contribution in [2.45, 2.75) is 32.5 Å². The van der Waals surface area contributed by atoms with E-state index in [2.05, 4.69) is 51.8 Å². The fourth-order valence-electron chi connectivity index (χ4n) is 4.92. The number of aromatic nitrogens is 2. The van der Waals surface area contributed by atoms with Crippen molar-refractivity contribution < 1.29 is 9.13 Å². The van der Waals surface area contributed by atoms with Crippen molar-refractivity contribution in [3.63, 3.8) is 0 Å². The van der Waals surface area contributed by atoms with Gasteiger partial charge < -0.3 is 19.5 Å². The summed E-state index contributed by atoms with van der Waals surface area (Å²) >= 11 is 5.85. The van der Waals surface area contributed by atoms with Crippen LogP contribution in [-0.2, 0) is 6.54 Å². The number of thiocarbonyl (C=S) groups is 1. The molecule has 0 bridgehead atoms. The van der Waals surface area contributed by atoms with E-state index < -0.39 is 0 Å². The number of methoxy groups -OCH3 is 1. The number of pyridine rings is 1. The molecular weight excluding hydrogens is 459 g/mol. The fraction of sp³-hybridized carbons (Fsp3) is 0.214. The van der Waals surface area contributed by atoms with E-state index in [1.165, 1.54) is 12.1 Å². The van der Waals surface area contributed by atoms with Gasteiger partial charge in [-0.05, 0) is 91.8 Å². The minimum atomic E-state index is -0.248. The van der Waals surface area contributed by atoms with Crippen LogP contribution in [0.5, 0.6) is 5.75 Å². The van der Waals surface area contributed by atoms with Gasteiger partial charge >= 0.3 is 0 Å². The minimum absolute atomic E-state index is 0.0695. The van der Waals surface area contributed by atoms with Gasteiger partial charge in [-0.15, -0.1) is 0 Å². The second kappa shape index (κ2) is 9.50. The second-order valence-corrected chi connectivity index (χ2v) is 9.13. The maximum absolute atomic E-state index is 13.6. The Morgan fingerprint density at radius 2 is 1.77 bits per heavy atom. The van der Waals surface area contributed by atoms with Crippen LogP contribution < -0.4 is 10.1 Å². The van der Waals surface area contributed by atoms with Gasteiger partial charge in [0.2, 0.25) is 0 Å². The molecule has 1 aliphatic rings. The number of rotatable bonds is 6. The predicted octanol–water partition coefficient (Wildman–Crippen LogP) is 5.81. The van der Waals surface area contributed by atoms with E-state index >= 15 is 0 Å². The first-order chi connectivity index (χ1) is 17.0. The van der Waals surface area contributed by atoms with Gasteiger partial charge in [0.25, 0.3) is 0 Å². The number of benzene rings is 2. The first-order valence-electron chi connectivity index (χ1n) is 11.5. The summed E-state index contributed by atoms with van der Waals surface area (Å²) in [5.41, 5.74) is 6.32. The Bertz CT molecular complexity index is 1340. The second-order valence-electron chi connectivity index (χ2n) is 8.74. The summed E-state index contributed by atoms with van der Waals surface area (Å²) in [5.74, 6) is 0.573. The maximum Gasteiger partial charge on any atom is 0.170 e. The molecule has 4 aromatic rings. The zero-order valence-corrected chi connectivity index (χ0v) is 20.7. The first kappa shape index (κ1) is 23.1. The molecule has 0 radical (unpaired) electrons. The van der Waals surface area contributed by atoms with Gasteiger partial charge in [-0.3, -0.25) is 4.98 Å². The zero-order valence-electron chi connectivity index (χ0n) is 19.9. The highest BCUT2D eigenvalue weighted by molar-refractivity contribution is 7.80. The number of nitrogens with one attached hydrogen (secondary N) is 1. The summed E-state index contributed by atoms with van der Waals surface area (Å²) in [7, 11) is 1.67. The molecule has 3 heterocycles. The lowest BCUT2D eigenvalue weighted by molar-refractivity contribution is 0.310. The van der Waals surface area contributed by atoms with Gasteiger partial charge in [0.15, 0.2) is 5.11 Å². The third kappa shape index (κ3) is 4.39. The van der Waals surface area contributed by atoms with Crippen molar-refractivity contribution in [1.29, 1.82) is 0 Å². The summed E-state index contributed by atoms with van der Waals surface area (Å²) in [5, 5.41) is 4.21. The monoisotopic (exact) mass is 486 g/mol. The zero-order chi connectivity index (χ0) is 24.5. The van der Waals surface area contributed by atoms with E-state index in [-0.39, 0.29) is 17.9 Å². The lowest BCUT2D eigenvalue weighted by Crippen LogP contribution is -2.29. The third-order valence-corrected chi connectivity index (χ3v) is 6.94. The average Bonchev–Trinajstić information content (AvgIpc) is 3.35. The predicted molar refractivity (Wildman–Crippen MR) is 139 cm³/mol. The normalized spacial score (nSPS) is 17.5. The highest BCUT2D eigenvalue weighted by Crippen LogP contribution is 2.42. The Hall–Kier alpha value is -3.71. The summed E-state index contributed by atoms with van der Waals surface area (Å²) in [6.45, 7) is 4.82. The standard InChI is InChI=1S/C28H27FN4OS/c1-18-16-24(19(2)33(18)22-11-9-21(29)10-12-22)27-26(25-6-4-5-15-30-25)31-28(35)32(27)17-20-7-13-23(34-3)14-8-20/h4-16,26-27H,17H2,1-3H3,(H,31,35)/t26-,27+/m0/s1. The molecule has 35 heavy (non-hydrogen) atoms. The number of ether oxygens (including phenoxy) is 1. The Morgan fingerprint density at radius 3 is 2.43 bits per heavy atom. The molecule has 2 atom stereocenters. The van der Waals surface area contributed by atoms with E-state index in [1.54, 1.807) is 7.11 Å². The Morgan fingerprint density at radius 1 is 1.03 bits per heavy atom. The third-order valence-electron chi connectivity index (χ3n) is 6.58. The molecule has 5 nitrogen and oxygen atoms in total. The van der Waals surface area contributed by atoms with Gasteiger partial charge in [0.05, 0.1) is 24.9 Å². The van der Waals surface area contributed by atoms with Crippen LogP contribution >= 0.6 is 12.2 Å². The van der Waals surface area contributed by atoms with Crippen LogP contribution in [0.1, 0.15) is 40.3 Å². The summed E-state index contributed by atoms with van der Waals surface area (Å²) in [6.07, 6.45) is 1.81. The average molecular weight is 487 g/mol. The molecular formula is C28H27FN4OS. The molecule has 0 aliphatic carbocycles. The Balaban J connectivity index is 1.59. The quantitative estimate of drug-likeness (QED) is 0.349. The molecule has 1 saturated heterocycles. The van der Waals surface area contributed by atoms with Crippen molar-refractivity contribution in [3.8, 4) is 11.4 Å². The van der Waals surface area contributed by atoms with Gasteiger partial charge in [-0.25, -0.2) is 4.39 Å². The lowest BCUT2D eigenvalue weighted by atomic mass is 9.96. The lowest BCUT2D eigenvalue weighted by Gasteiger charge is -2.28. The number of hydrogen-bond donors (Lipinski definition) is 1. The maximum atomic E-state index is 13.6. The topological polar surface area (TPSA) is 42.3 Å². The van der Waals surface area contributed by atoms with Crippen LogP contribution in [0, 0.1) is 19.7 Å². The van der Waals surface area contributed by atoms with E-state index in [1.807, 2.05) is 48.7 Å². The highest BCUT2D eigenvalue weighted by atomic mass is 32.1. The van der Waals surface area contributed by atoms with E-state index in [4.69, 9.17) is 17.0 Å². The summed E-state index contributed by atoms with van der Waals surface area (Å²) in [4.78, 5) is 6.88. The number of nitrogens with zero attached hydrogens (tertiary/aromatic N) is 3. The van der Waals surface area contributed by atoms with E-state index in [9.17, 15) is 4.39 Å². The smallest absolute Gasteiger partial charge is 0.170 e. The number of halogens is 1. The van der Waals surface area contributed by atoms with Crippen molar-refractivity contribution in [2.75, 3.05) is 7.11 Å². The molecule has 0 spiro atoms. The molecule has 0 amide bonds. The van der Waals surface area contributed by atoms with Crippen LogP contribution in [-0.4, -0.2) is 26.7 Å². The molecule has 0 unspecified atom stereocenters. The number of aryl methyl sites for hydroxylation is 1. The van der Waals surface area contributed by atoms with Crippen molar-refractivity contribution in [3.05, 3.63) is 113 Å². The molecule has 1 aliphatic heterocycles. The van der Waals surface area contributed by atoms with Crippen LogP contribution in [0.15, 0.2) is 79.0 Å². The van der Waals surface area contributed by atoms with Crippen molar-refractivity contribution in [2.24, 2.45) is 0 Å². The summed E-state index contributed by atoms with van der Waals surface area (Å²) < 4.78 is 21.1. The highest BCUT2D eigenvalue weighted by Gasteiger charge is 2.41. The van der Waals surface area contributed by atoms with Crippen molar-refractivity contribution >= 4 is 17.3 Å². The van der Waals surface area contributed by atoms with Crippen LogP contribution in [0.25, 0.3) is 5.69 Å². The molecule has 5 rings (SSSR count). The van der Waals surface area contributed by atoms with E-state index in [0.29, 0.717) is 11.7 Å². The first-order valence-corrected chi connectivity index (χ1v) is 11.9. The molecule has 1 fully saturated rings. The van der Waals surface area contributed by atoms with Crippen LogP contribution in [0.2, 0.25) is 0 Å². The molecule has 2 aromatic carbocycles. The molecule has 7 heteroatoms. The van der Waals surface area contributed by atoms with E-state index in [0.717, 1.165) is 39.6 Å². The van der Waals surface area contributed by atoms with Gasteiger partial charge in [0, 0.05) is 29.8 Å².